The number of nitrogens with one attached hydrogen (secondary N) is 2. The molecule has 4 nitrogen and oxygen atoms in total. The minimum Gasteiger partial charge on any atom is -0.376 e. The summed E-state index contributed by atoms with van der Waals surface area (Å²) in [6, 6.07) is 15.1. The van der Waals surface area contributed by atoms with E-state index in [4.69, 9.17) is 0 Å². The van der Waals surface area contributed by atoms with Gasteiger partial charge in [-0.2, -0.15) is 0 Å². The molecule has 114 valence electrons. The van der Waals surface area contributed by atoms with Gasteiger partial charge < -0.3 is 10.6 Å². The number of aryl methyl sites for hydroxylation is 1. The molecule has 0 spiro atoms. The van der Waals surface area contributed by atoms with E-state index in [0.29, 0.717) is 12.1 Å². The van der Waals surface area contributed by atoms with Crippen molar-refractivity contribution in [2.45, 2.75) is 20.4 Å². The first kappa shape index (κ1) is 15.8. The monoisotopic (exact) mass is 296 g/mol. The minimum atomic E-state index is -0.0866. The van der Waals surface area contributed by atoms with E-state index in [1.54, 1.807) is 18.2 Å². The van der Waals surface area contributed by atoms with Gasteiger partial charge in [0.2, 0.25) is 5.91 Å². The molecule has 1 amide bonds. The van der Waals surface area contributed by atoms with E-state index in [0.717, 1.165) is 16.8 Å². The lowest BCUT2D eigenvalue weighted by Crippen LogP contribution is -2.29. The molecule has 0 aromatic heterocycles. The lowest BCUT2D eigenvalue weighted by Gasteiger charge is -2.10. The lowest BCUT2D eigenvalue weighted by atomic mass is 10.1. The fourth-order valence-corrected chi connectivity index (χ4v) is 2.10. The highest BCUT2D eigenvalue weighted by Crippen LogP contribution is 2.11. The molecule has 2 N–H and O–H groups in total. The van der Waals surface area contributed by atoms with Gasteiger partial charge in [0, 0.05) is 17.8 Å². The molecule has 0 atom stereocenters. The van der Waals surface area contributed by atoms with Crippen molar-refractivity contribution in [3.05, 3.63) is 65.2 Å². The van der Waals surface area contributed by atoms with Crippen LogP contribution in [0.15, 0.2) is 48.5 Å². The van der Waals surface area contributed by atoms with Gasteiger partial charge in [-0.15, -0.1) is 0 Å². The topological polar surface area (TPSA) is 58.2 Å². The predicted octanol–water partition coefficient (Wildman–Crippen LogP) is 2.93. The quantitative estimate of drug-likeness (QED) is 0.806. The molecule has 0 heterocycles. The van der Waals surface area contributed by atoms with E-state index in [1.165, 1.54) is 6.92 Å². The van der Waals surface area contributed by atoms with Crippen LogP contribution in [0.2, 0.25) is 0 Å². The summed E-state index contributed by atoms with van der Waals surface area (Å²) in [6.07, 6.45) is 0. The Kier molecular flexibility index (Phi) is 5.31. The largest absolute Gasteiger partial charge is 0.376 e. The third kappa shape index (κ3) is 4.45. The molecule has 0 unspecified atom stereocenters. The number of benzene rings is 2. The number of carbonyl (C=O) groups excluding carboxylic acids is 2. The van der Waals surface area contributed by atoms with Gasteiger partial charge in [-0.05, 0) is 37.1 Å². The zero-order valence-corrected chi connectivity index (χ0v) is 12.8. The van der Waals surface area contributed by atoms with Crippen LogP contribution in [0.3, 0.4) is 0 Å². The van der Waals surface area contributed by atoms with Crippen molar-refractivity contribution in [3.63, 3.8) is 0 Å². The first-order valence-corrected chi connectivity index (χ1v) is 7.22. The van der Waals surface area contributed by atoms with Crippen LogP contribution in [-0.4, -0.2) is 18.2 Å². The van der Waals surface area contributed by atoms with Crippen molar-refractivity contribution in [1.29, 1.82) is 0 Å². The van der Waals surface area contributed by atoms with Crippen LogP contribution >= 0.6 is 0 Å². The van der Waals surface area contributed by atoms with Crippen LogP contribution in [0.4, 0.5) is 5.69 Å². The molecule has 0 bridgehead atoms. The molecule has 2 rings (SSSR count). The maximum Gasteiger partial charge on any atom is 0.239 e. The number of Topliss-reactive ketones (excluding diaryl/α,β-unsaturated/α-hetero) is 1. The minimum absolute atomic E-state index is 0.00709. The fraction of sp³-hybridized carbons (Fsp3) is 0.222. The number of ketones is 1. The molecule has 0 aliphatic rings. The number of amides is 1. The molecular formula is C18H20N2O2. The maximum absolute atomic E-state index is 11.9. The Balaban J connectivity index is 1.84. The average molecular weight is 296 g/mol. The van der Waals surface area contributed by atoms with Crippen LogP contribution in [0.1, 0.15) is 28.4 Å². The summed E-state index contributed by atoms with van der Waals surface area (Å²) in [5.74, 6) is -0.0795. The van der Waals surface area contributed by atoms with Gasteiger partial charge >= 0.3 is 0 Å². The Morgan fingerprint density at radius 3 is 2.55 bits per heavy atom. The molecule has 0 aliphatic carbocycles. The summed E-state index contributed by atoms with van der Waals surface area (Å²) in [7, 11) is 0. The van der Waals surface area contributed by atoms with E-state index in [9.17, 15) is 9.59 Å². The summed E-state index contributed by atoms with van der Waals surface area (Å²) < 4.78 is 0. The Morgan fingerprint density at radius 1 is 1.05 bits per heavy atom. The second-order valence-electron chi connectivity index (χ2n) is 5.19. The van der Waals surface area contributed by atoms with Gasteiger partial charge in [0.05, 0.1) is 6.54 Å². The number of hydrogen-bond acceptors (Lipinski definition) is 3. The summed E-state index contributed by atoms with van der Waals surface area (Å²) in [4.78, 5) is 23.2. The van der Waals surface area contributed by atoms with Crippen LogP contribution in [-0.2, 0) is 11.3 Å². The fourth-order valence-electron chi connectivity index (χ4n) is 2.10. The Bertz CT molecular complexity index is 680. The van der Waals surface area contributed by atoms with Gasteiger partial charge in [-0.1, -0.05) is 36.4 Å². The third-order valence-electron chi connectivity index (χ3n) is 3.46. The normalized spacial score (nSPS) is 10.1. The molecule has 0 aliphatic heterocycles. The van der Waals surface area contributed by atoms with Gasteiger partial charge in [-0.3, -0.25) is 9.59 Å². The van der Waals surface area contributed by atoms with Crippen LogP contribution in [0.25, 0.3) is 0 Å². The summed E-state index contributed by atoms with van der Waals surface area (Å²) >= 11 is 0. The molecule has 0 radical (unpaired) electrons. The van der Waals surface area contributed by atoms with E-state index in [1.807, 2.05) is 37.3 Å². The molecular weight excluding hydrogens is 276 g/mol. The summed E-state index contributed by atoms with van der Waals surface area (Å²) in [5, 5.41) is 5.91. The van der Waals surface area contributed by atoms with Gasteiger partial charge in [0.15, 0.2) is 5.78 Å². The zero-order valence-electron chi connectivity index (χ0n) is 12.8. The SMILES string of the molecule is CC(=O)c1cccc(NCC(=O)NCc2ccccc2C)c1. The highest BCUT2D eigenvalue weighted by Gasteiger charge is 2.04. The zero-order chi connectivity index (χ0) is 15.9. The summed E-state index contributed by atoms with van der Waals surface area (Å²) in [5.41, 5.74) is 3.66. The van der Waals surface area contributed by atoms with E-state index in [-0.39, 0.29) is 18.2 Å². The van der Waals surface area contributed by atoms with Crippen LogP contribution < -0.4 is 10.6 Å². The number of hydrogen-bond donors (Lipinski definition) is 2. The predicted molar refractivity (Wildman–Crippen MR) is 88.0 cm³/mol. The van der Waals surface area contributed by atoms with Crippen molar-refractivity contribution in [1.82, 2.24) is 5.32 Å². The Labute approximate surface area is 130 Å². The van der Waals surface area contributed by atoms with Crippen molar-refractivity contribution in [3.8, 4) is 0 Å². The van der Waals surface area contributed by atoms with E-state index >= 15 is 0 Å². The van der Waals surface area contributed by atoms with Gasteiger partial charge in [0.25, 0.3) is 0 Å². The first-order chi connectivity index (χ1) is 10.6. The van der Waals surface area contributed by atoms with E-state index < -0.39 is 0 Å². The van der Waals surface area contributed by atoms with Crippen LogP contribution in [0, 0.1) is 6.92 Å². The molecule has 2 aromatic rings. The Morgan fingerprint density at radius 2 is 1.82 bits per heavy atom. The molecule has 2 aromatic carbocycles. The van der Waals surface area contributed by atoms with Crippen LogP contribution in [0.5, 0.6) is 0 Å². The summed E-state index contributed by atoms with van der Waals surface area (Å²) in [6.45, 7) is 4.23. The molecule has 4 heteroatoms. The third-order valence-corrected chi connectivity index (χ3v) is 3.46. The highest BCUT2D eigenvalue weighted by atomic mass is 16.2. The van der Waals surface area contributed by atoms with Crippen molar-refractivity contribution >= 4 is 17.4 Å². The second kappa shape index (κ2) is 7.41. The Hall–Kier alpha value is -2.62. The number of anilines is 1. The molecule has 0 saturated carbocycles. The molecule has 22 heavy (non-hydrogen) atoms. The van der Waals surface area contributed by atoms with Gasteiger partial charge in [-0.25, -0.2) is 0 Å². The van der Waals surface area contributed by atoms with Gasteiger partial charge in [0.1, 0.15) is 0 Å². The van der Waals surface area contributed by atoms with E-state index in [2.05, 4.69) is 10.6 Å². The van der Waals surface area contributed by atoms with Crippen molar-refractivity contribution in [2.75, 3.05) is 11.9 Å². The van der Waals surface area contributed by atoms with Crippen molar-refractivity contribution in [2.24, 2.45) is 0 Å². The number of rotatable bonds is 6. The molecule has 0 fully saturated rings. The van der Waals surface area contributed by atoms with Crippen molar-refractivity contribution < 1.29 is 9.59 Å². The highest BCUT2D eigenvalue weighted by molar-refractivity contribution is 5.95. The molecule has 0 saturated heterocycles. The standard InChI is InChI=1S/C18H20N2O2/c1-13-6-3-4-7-16(13)11-20-18(22)12-19-17-9-5-8-15(10-17)14(2)21/h3-10,19H,11-12H2,1-2H3,(H,20,22). The number of carbonyl (C=O) groups is 2. The second-order valence-corrected chi connectivity index (χ2v) is 5.19. The lowest BCUT2D eigenvalue weighted by molar-refractivity contribution is -0.119. The maximum atomic E-state index is 11.9. The smallest absolute Gasteiger partial charge is 0.239 e. The first-order valence-electron chi connectivity index (χ1n) is 7.22. The average Bonchev–Trinajstić information content (AvgIpc) is 2.52.